The molecule has 1 saturated heterocycles. The summed E-state index contributed by atoms with van der Waals surface area (Å²) in [6.45, 7) is 38.5. The van der Waals surface area contributed by atoms with Gasteiger partial charge in [0.05, 0.1) is 74.8 Å². The predicted molar refractivity (Wildman–Crippen MR) is 427 cm³/mol. The zero-order valence-corrected chi connectivity index (χ0v) is 70.7. The lowest BCUT2D eigenvalue weighted by Gasteiger charge is -2.27. The topological polar surface area (TPSA) is 334 Å². The molecular formula is C82H152ClN9O16. The lowest BCUT2D eigenvalue weighted by atomic mass is 9.92. The van der Waals surface area contributed by atoms with E-state index < -0.39 is 30.4 Å². The van der Waals surface area contributed by atoms with Gasteiger partial charge in [-0.1, -0.05) is 184 Å². The summed E-state index contributed by atoms with van der Waals surface area (Å²) in [5.41, 5.74) is 9.73. The van der Waals surface area contributed by atoms with Gasteiger partial charge in [-0.05, 0) is 185 Å². The first-order valence-electron chi connectivity index (χ1n) is 40.5. The molecule has 1 aromatic rings. The fourth-order valence-corrected chi connectivity index (χ4v) is 13.3. The zero-order chi connectivity index (χ0) is 80.8. The van der Waals surface area contributed by atoms with Crippen LogP contribution in [0.25, 0.3) is 0 Å². The number of hydrogen-bond donors (Lipinski definition) is 7. The van der Waals surface area contributed by atoms with Gasteiger partial charge in [0.1, 0.15) is 0 Å². The van der Waals surface area contributed by atoms with E-state index in [9.17, 15) is 49.0 Å². The Kier molecular flexibility index (Phi) is 61.6. The number of rotatable bonds is 41. The Hall–Kier alpha value is -5.11. The van der Waals surface area contributed by atoms with Crippen molar-refractivity contribution in [3.05, 3.63) is 35.4 Å². The Morgan fingerprint density at radius 1 is 0.556 bits per heavy atom. The first kappa shape index (κ1) is 105. The molecule has 3 unspecified atom stereocenters. The van der Waals surface area contributed by atoms with Crippen LogP contribution in [0.3, 0.4) is 0 Å². The van der Waals surface area contributed by atoms with Crippen molar-refractivity contribution in [1.82, 2.24) is 36.2 Å². The number of hydroxylamine groups is 7. The molecule has 8 N–H and O–H groups in total. The van der Waals surface area contributed by atoms with Gasteiger partial charge in [-0.3, -0.25) is 43.6 Å². The summed E-state index contributed by atoms with van der Waals surface area (Å²) < 4.78 is 16.4. The molecule has 628 valence electrons. The van der Waals surface area contributed by atoms with Gasteiger partial charge in [0.15, 0.2) is 18.9 Å². The Morgan fingerprint density at radius 3 is 1.22 bits per heavy atom. The summed E-state index contributed by atoms with van der Waals surface area (Å²) >= 11 is 0. The number of carboxylic acids is 2. The van der Waals surface area contributed by atoms with Crippen molar-refractivity contribution in [3.63, 3.8) is 0 Å². The van der Waals surface area contributed by atoms with Crippen LogP contribution in [-0.4, -0.2) is 182 Å². The van der Waals surface area contributed by atoms with Gasteiger partial charge < -0.3 is 45.7 Å². The van der Waals surface area contributed by atoms with E-state index >= 15 is 0 Å². The van der Waals surface area contributed by atoms with Gasteiger partial charge in [-0.25, -0.2) is 24.9 Å². The van der Waals surface area contributed by atoms with E-state index in [2.05, 4.69) is 68.7 Å². The summed E-state index contributed by atoms with van der Waals surface area (Å²) in [5.74, 6) is 1.12. The predicted octanol–water partition coefficient (Wildman–Crippen LogP) is 14.5. The Bertz CT molecular complexity index is 2500. The second kappa shape index (κ2) is 63.4. The second-order valence-corrected chi connectivity index (χ2v) is 32.4. The van der Waals surface area contributed by atoms with Crippen LogP contribution in [-0.2, 0) is 62.3 Å². The highest BCUT2D eigenvalue weighted by Crippen LogP contribution is 2.34. The molecule has 26 heteroatoms. The van der Waals surface area contributed by atoms with Crippen molar-refractivity contribution >= 4 is 55.4 Å². The number of aliphatic carboxylic acids is 2. The molecule has 108 heavy (non-hydrogen) atoms. The van der Waals surface area contributed by atoms with Crippen LogP contribution in [0.5, 0.6) is 0 Å². The lowest BCUT2D eigenvalue weighted by Crippen LogP contribution is -2.42. The fraction of sp³-hybridized carbons (Fsp3) is 0.829. The number of nitrogens with two attached hydrogens (primary N) is 1. The molecule has 4 saturated carbocycles. The molecule has 6 rings (SSSR count). The zero-order valence-electron chi connectivity index (χ0n) is 69.9. The summed E-state index contributed by atoms with van der Waals surface area (Å²) in [7, 11) is 2.21. The number of amides is 5. The molecule has 25 nitrogen and oxygen atoms in total. The van der Waals surface area contributed by atoms with Gasteiger partial charge in [-0.15, -0.1) is 12.4 Å². The van der Waals surface area contributed by atoms with Gasteiger partial charge in [-0.2, -0.15) is 10.7 Å². The van der Waals surface area contributed by atoms with Crippen LogP contribution < -0.4 is 21.8 Å². The molecule has 1 aromatic carbocycles. The van der Waals surface area contributed by atoms with Crippen molar-refractivity contribution in [2.24, 2.45) is 76.7 Å². The lowest BCUT2D eigenvalue weighted by molar-refractivity contribution is -0.262. The van der Waals surface area contributed by atoms with Gasteiger partial charge in [0.2, 0.25) is 31.0 Å². The highest BCUT2D eigenvalue weighted by molar-refractivity contribution is 5.85. The molecule has 5 amide bonds. The first-order chi connectivity index (χ1) is 50.6. The van der Waals surface area contributed by atoms with Gasteiger partial charge in [0.25, 0.3) is 0 Å². The van der Waals surface area contributed by atoms with Crippen molar-refractivity contribution in [2.75, 3.05) is 66.1 Å². The number of ether oxygens (including phenoxy) is 3. The Balaban J connectivity index is 0. The van der Waals surface area contributed by atoms with Crippen LogP contribution in [0, 0.1) is 89.3 Å². The largest absolute Gasteiger partial charge is 0.481 e. The third-order valence-electron chi connectivity index (χ3n) is 18.9. The Labute approximate surface area is 658 Å². The minimum absolute atomic E-state index is 0. The third kappa shape index (κ3) is 56.2. The standard InChI is InChI=1S/C19H36N2O4.C16H29NO5.C15H29NO4.C13H24N2O3.C8H7N.C8H17N.C3H9N.ClH/c1-14(2)12-24-16(5)25-21(13-22)11-18(19(23)20-15(3)4)10-17-8-6-7-9-17;1-12(2)10-21-13(3)22-17(11-18)9-15(16(19)20)8-14-6-4-5-7-14;1-11(2)10-19-12(3)20-16-9-14(15(17)18)8-13-6-4-5-7-13;1-10(2)14-13(17)12(8-15(18)9-16)7-11-5-3-4-6-11;1-7-3-2-4-8(5-7)6-9;1-3-8-4-6-9(2)7-5-8;1-3(2)4;/h13-18H,6-12H2,1-5H3,(H,20,23);11-15H,4-10H2,1-3H3,(H,19,20);11-14,16H,4-10H2,1-3H3,(H,17,18);9-12,18H,3-8H2,1-2H3,(H,14,17);2-5H,1H3;8H,3-7H2,1-2H3;3H,4H2,1-2H3;1H/t16?,18-;13?,15-;12?,14-;12-;;;;/m1111..../s1. The number of nitrogens with zero attached hydrogens (tertiary/aromatic N) is 5. The van der Waals surface area contributed by atoms with E-state index in [1.165, 1.54) is 114 Å². The Morgan fingerprint density at radius 2 is 0.907 bits per heavy atom. The quantitative estimate of drug-likeness (QED) is 0.0139. The van der Waals surface area contributed by atoms with Crippen LogP contribution in [0.2, 0.25) is 0 Å². The summed E-state index contributed by atoms with van der Waals surface area (Å²) in [4.78, 5) is 98.9. The minimum atomic E-state index is -0.877. The summed E-state index contributed by atoms with van der Waals surface area (Å²) in [6.07, 6.45) is 26.0. The van der Waals surface area contributed by atoms with E-state index in [1.54, 1.807) is 19.9 Å². The molecule has 1 heterocycles. The van der Waals surface area contributed by atoms with E-state index in [0.29, 0.717) is 105 Å². The normalized spacial score (nSPS) is 17.5. The van der Waals surface area contributed by atoms with Crippen LogP contribution in [0.15, 0.2) is 24.3 Å². The molecule has 0 bridgehead atoms. The molecule has 4 aliphatic carbocycles. The van der Waals surface area contributed by atoms with Crippen molar-refractivity contribution in [3.8, 4) is 6.07 Å². The maximum Gasteiger partial charge on any atom is 0.308 e. The SMILES string of the molecule is CC(C)COC(C)ON(C=O)C[C@@H](CC1CCCC1)C(=O)NC(C)C.CC(C)COC(C)ON(C=O)C[C@@H](CC1CCCC1)C(=O)O.CC(C)COC(C)ONC[C@@H](CC1CCCC1)C(=O)O.CC(C)N.CC(C)NC(=O)[C@H](CC1CCCC1)CN(O)C=O.CCC1CCN(C)CC1.Cc1cccc(C#N)c1.Cl. The number of aryl methyl sites for hydroxylation is 1. The maximum atomic E-state index is 12.6. The molecule has 5 aliphatic rings. The molecule has 5 fully saturated rings. The molecule has 1 aliphatic heterocycles. The number of piperidine rings is 1. The number of halogens is 1. The molecular weight excluding hydrogens is 1400 g/mol. The number of carbonyl (C=O) groups is 7. The maximum absolute atomic E-state index is 12.6. The number of benzene rings is 1. The number of carboxylic acid groups (broad SMARTS) is 2. The summed E-state index contributed by atoms with van der Waals surface area (Å²) in [5, 5.41) is 45.0. The van der Waals surface area contributed by atoms with Crippen molar-refractivity contribution < 1.29 is 77.7 Å². The summed E-state index contributed by atoms with van der Waals surface area (Å²) in [6, 6.07) is 10.1. The minimum Gasteiger partial charge on any atom is -0.481 e. The van der Waals surface area contributed by atoms with Crippen LogP contribution in [0.4, 0.5) is 0 Å². The number of likely N-dealkylation sites (tertiary alicyclic amines) is 1. The van der Waals surface area contributed by atoms with E-state index in [-0.39, 0.29) is 80.0 Å². The fourth-order valence-electron chi connectivity index (χ4n) is 13.3. The first-order valence-corrected chi connectivity index (χ1v) is 40.5. The smallest absolute Gasteiger partial charge is 0.308 e. The van der Waals surface area contributed by atoms with Crippen LogP contribution in [0.1, 0.15) is 270 Å². The van der Waals surface area contributed by atoms with E-state index in [4.69, 9.17) is 39.7 Å². The number of hydrogen-bond acceptors (Lipinski definition) is 18. The third-order valence-corrected chi connectivity index (χ3v) is 18.9. The number of carbonyl (C=O) groups excluding carboxylic acids is 5. The number of nitrogens with one attached hydrogen (secondary N) is 3. The number of nitriles is 1. The molecule has 0 aromatic heterocycles. The van der Waals surface area contributed by atoms with Gasteiger partial charge in [0, 0.05) is 18.6 Å². The molecule has 7 atom stereocenters. The van der Waals surface area contributed by atoms with Crippen LogP contribution >= 0.6 is 12.4 Å². The van der Waals surface area contributed by atoms with Gasteiger partial charge >= 0.3 is 11.9 Å². The van der Waals surface area contributed by atoms with Crippen molar-refractivity contribution in [2.45, 2.75) is 302 Å². The van der Waals surface area contributed by atoms with E-state index in [0.717, 1.165) is 67.1 Å². The highest BCUT2D eigenvalue weighted by Gasteiger charge is 2.32. The monoisotopic (exact) mass is 1550 g/mol. The second-order valence-electron chi connectivity index (χ2n) is 32.4. The van der Waals surface area contributed by atoms with Crippen molar-refractivity contribution in [1.29, 1.82) is 5.26 Å². The van der Waals surface area contributed by atoms with E-state index in [1.807, 2.05) is 87.4 Å². The molecule has 0 spiro atoms. The molecule has 0 radical (unpaired) electrons. The average Bonchev–Trinajstić information content (AvgIpc) is 1.57. The average molecular weight is 1560 g/mol. The highest BCUT2D eigenvalue weighted by atomic mass is 35.5.